The summed E-state index contributed by atoms with van der Waals surface area (Å²) in [5.41, 5.74) is 2.64. The number of amides is 2. The molecule has 1 aliphatic heterocycles. The lowest BCUT2D eigenvalue weighted by Crippen LogP contribution is -2.27. The number of hydrogen-bond acceptors (Lipinski definition) is 8. The third kappa shape index (κ3) is 6.88. The monoisotopic (exact) mass is 579 g/mol. The Kier molecular flexibility index (Phi) is 8.67. The van der Waals surface area contributed by atoms with Crippen molar-refractivity contribution in [2.24, 2.45) is 5.41 Å². The summed E-state index contributed by atoms with van der Waals surface area (Å²) in [7, 11) is -1.21. The Morgan fingerprint density at radius 3 is 2.45 bits per heavy atom. The van der Waals surface area contributed by atoms with E-state index in [0.717, 1.165) is 29.1 Å². The molecule has 1 aliphatic rings. The van der Waals surface area contributed by atoms with Crippen molar-refractivity contribution in [2.45, 2.75) is 60.1 Å². The molecule has 1 saturated heterocycles. The van der Waals surface area contributed by atoms with Crippen LogP contribution in [0.1, 0.15) is 43.6 Å². The Balaban J connectivity index is 1.55. The van der Waals surface area contributed by atoms with Crippen molar-refractivity contribution in [1.29, 1.82) is 0 Å². The first-order valence-corrected chi connectivity index (χ1v) is 17.9. The van der Waals surface area contributed by atoms with Gasteiger partial charge in [0.2, 0.25) is 0 Å². The predicted octanol–water partition coefficient (Wildman–Crippen LogP) is 6.77. The standard InChI is InChI=1S/C29H37N5O4SSi/c1-8-34-27(36)22(39-28(34)37)15-19-9-11-20(12-10-19)31-23-16-30-26-24(32-23)21(25(35)29(2,3)4)17-33(26)18-38-13-14-40(5,6)7/h9-12,15-17H,8,13-14,18H2,1-7H3,(H,31,32). The molecule has 0 aliphatic carbocycles. The quantitative estimate of drug-likeness (QED) is 0.121. The molecule has 0 atom stereocenters. The minimum atomic E-state index is -1.21. The van der Waals surface area contributed by atoms with Gasteiger partial charge in [0.1, 0.15) is 18.1 Å². The van der Waals surface area contributed by atoms with Crippen LogP contribution in [0.2, 0.25) is 25.7 Å². The molecule has 2 aromatic heterocycles. The largest absolute Gasteiger partial charge is 0.361 e. The van der Waals surface area contributed by atoms with Crippen LogP contribution in [-0.2, 0) is 16.3 Å². The molecule has 0 bridgehead atoms. The molecule has 1 fully saturated rings. The maximum Gasteiger partial charge on any atom is 0.293 e. The van der Waals surface area contributed by atoms with Crippen molar-refractivity contribution >= 4 is 65.5 Å². The van der Waals surface area contributed by atoms with Crippen molar-refractivity contribution in [3.8, 4) is 0 Å². The highest BCUT2D eigenvalue weighted by Crippen LogP contribution is 2.32. The second kappa shape index (κ2) is 11.7. The van der Waals surface area contributed by atoms with Gasteiger partial charge in [0.15, 0.2) is 11.4 Å². The van der Waals surface area contributed by atoms with E-state index in [1.807, 2.05) is 49.6 Å². The molecule has 1 N–H and O–H groups in total. The smallest absolute Gasteiger partial charge is 0.293 e. The zero-order valence-corrected chi connectivity index (χ0v) is 26.0. The van der Waals surface area contributed by atoms with Crippen LogP contribution in [0.3, 0.4) is 0 Å². The Labute approximate surface area is 240 Å². The average molecular weight is 580 g/mol. The average Bonchev–Trinajstić information content (AvgIpc) is 3.36. The number of aromatic nitrogens is 3. The second-order valence-electron chi connectivity index (χ2n) is 12.0. The molecule has 0 radical (unpaired) electrons. The van der Waals surface area contributed by atoms with Crippen LogP contribution in [0, 0.1) is 5.41 Å². The zero-order chi connectivity index (χ0) is 29.2. The SMILES string of the molecule is CCN1C(=O)SC(=Cc2ccc(Nc3cnc4c(n3)c(C(=O)C(C)(C)C)cn4COCC[Si](C)(C)C)cc2)C1=O. The third-order valence-corrected chi connectivity index (χ3v) is 9.00. The number of nitrogens with one attached hydrogen (secondary N) is 1. The molecular formula is C29H37N5O4SSi. The predicted molar refractivity (Wildman–Crippen MR) is 163 cm³/mol. The lowest BCUT2D eigenvalue weighted by atomic mass is 9.87. The molecule has 212 valence electrons. The first kappa shape index (κ1) is 29.7. The number of anilines is 2. The molecule has 4 rings (SSSR count). The van der Waals surface area contributed by atoms with Gasteiger partial charge in [-0.15, -0.1) is 0 Å². The van der Waals surface area contributed by atoms with E-state index >= 15 is 0 Å². The van der Waals surface area contributed by atoms with Gasteiger partial charge in [-0.05, 0) is 48.5 Å². The van der Waals surface area contributed by atoms with Gasteiger partial charge in [0.25, 0.3) is 11.1 Å². The summed E-state index contributed by atoms with van der Waals surface area (Å²) in [5, 5.41) is 3.01. The number of likely N-dealkylation sites (N-methyl/N-ethyl adjacent to an activating group) is 1. The number of ether oxygens (including phenoxy) is 1. The molecular weight excluding hydrogens is 543 g/mol. The topological polar surface area (TPSA) is 106 Å². The number of carbonyl (C=O) groups is 3. The molecule has 3 heterocycles. The van der Waals surface area contributed by atoms with Crippen molar-refractivity contribution in [3.63, 3.8) is 0 Å². The van der Waals surface area contributed by atoms with Gasteiger partial charge < -0.3 is 14.6 Å². The molecule has 0 unspecified atom stereocenters. The van der Waals surface area contributed by atoms with E-state index in [2.05, 4.69) is 29.9 Å². The maximum absolute atomic E-state index is 13.3. The van der Waals surface area contributed by atoms with E-state index < -0.39 is 13.5 Å². The van der Waals surface area contributed by atoms with Gasteiger partial charge in [0.05, 0.1) is 16.7 Å². The lowest BCUT2D eigenvalue weighted by Gasteiger charge is -2.16. The lowest BCUT2D eigenvalue weighted by molar-refractivity contribution is -0.122. The fourth-order valence-electron chi connectivity index (χ4n) is 4.06. The van der Waals surface area contributed by atoms with Gasteiger partial charge in [0, 0.05) is 38.5 Å². The number of rotatable bonds is 10. The minimum Gasteiger partial charge on any atom is -0.361 e. The Morgan fingerprint density at radius 2 is 1.85 bits per heavy atom. The van der Waals surface area contributed by atoms with Crippen molar-refractivity contribution < 1.29 is 19.1 Å². The van der Waals surface area contributed by atoms with Gasteiger partial charge in [-0.3, -0.25) is 19.3 Å². The summed E-state index contributed by atoms with van der Waals surface area (Å²) in [6.07, 6.45) is 5.15. The zero-order valence-electron chi connectivity index (χ0n) is 24.2. The number of ketones is 1. The van der Waals surface area contributed by atoms with E-state index in [-0.39, 0.29) is 16.9 Å². The summed E-state index contributed by atoms with van der Waals surface area (Å²) in [6, 6.07) is 8.50. The number of fused-ring (bicyclic) bond motifs is 1. The van der Waals surface area contributed by atoms with Gasteiger partial charge >= 0.3 is 0 Å². The molecule has 40 heavy (non-hydrogen) atoms. The summed E-state index contributed by atoms with van der Waals surface area (Å²) in [4.78, 5) is 48.7. The van der Waals surface area contributed by atoms with Crippen LogP contribution in [0.5, 0.6) is 0 Å². The van der Waals surface area contributed by atoms with Gasteiger partial charge in [-0.25, -0.2) is 9.97 Å². The minimum absolute atomic E-state index is 0.0124. The normalized spacial score (nSPS) is 15.5. The van der Waals surface area contributed by atoms with E-state index in [1.165, 1.54) is 4.90 Å². The van der Waals surface area contributed by atoms with E-state index in [0.29, 0.717) is 47.3 Å². The van der Waals surface area contributed by atoms with E-state index in [1.54, 1.807) is 25.4 Å². The van der Waals surface area contributed by atoms with E-state index in [9.17, 15) is 14.4 Å². The number of nitrogens with zero attached hydrogens (tertiary/aromatic N) is 4. The van der Waals surface area contributed by atoms with E-state index in [4.69, 9.17) is 9.72 Å². The molecule has 3 aromatic rings. The first-order chi connectivity index (χ1) is 18.8. The Morgan fingerprint density at radius 1 is 1.15 bits per heavy atom. The number of hydrogen-bond donors (Lipinski definition) is 1. The number of imide groups is 1. The molecule has 0 spiro atoms. The van der Waals surface area contributed by atoms with Crippen LogP contribution in [0.4, 0.5) is 16.3 Å². The second-order valence-corrected chi connectivity index (χ2v) is 18.7. The highest BCUT2D eigenvalue weighted by atomic mass is 32.2. The van der Waals surface area contributed by atoms with Crippen LogP contribution in [0.25, 0.3) is 17.2 Å². The van der Waals surface area contributed by atoms with Crippen molar-refractivity contribution in [3.05, 3.63) is 52.7 Å². The molecule has 9 nitrogen and oxygen atoms in total. The van der Waals surface area contributed by atoms with Crippen molar-refractivity contribution in [1.82, 2.24) is 19.4 Å². The Bertz CT molecular complexity index is 1470. The molecule has 1 aromatic carbocycles. The number of thioether (sulfide) groups is 1. The van der Waals surface area contributed by atoms with Crippen molar-refractivity contribution in [2.75, 3.05) is 18.5 Å². The van der Waals surface area contributed by atoms with Crippen LogP contribution in [0.15, 0.2) is 41.6 Å². The van der Waals surface area contributed by atoms with Gasteiger partial charge in [-0.1, -0.05) is 52.5 Å². The maximum atomic E-state index is 13.3. The summed E-state index contributed by atoms with van der Waals surface area (Å²) >= 11 is 0.951. The summed E-state index contributed by atoms with van der Waals surface area (Å²) < 4.78 is 7.80. The first-order valence-electron chi connectivity index (χ1n) is 13.4. The fourth-order valence-corrected chi connectivity index (χ4v) is 5.72. The molecule has 0 saturated carbocycles. The van der Waals surface area contributed by atoms with Crippen LogP contribution < -0.4 is 5.32 Å². The molecule has 11 heteroatoms. The van der Waals surface area contributed by atoms with Crippen LogP contribution in [-0.4, -0.2) is 57.6 Å². The molecule has 2 amide bonds. The summed E-state index contributed by atoms with van der Waals surface area (Å²) in [6.45, 7) is 15.7. The highest BCUT2D eigenvalue weighted by Gasteiger charge is 2.33. The number of Topliss-reactive ketones (excluding diaryl/α,β-unsaturated/α-hetero) is 1. The highest BCUT2D eigenvalue weighted by molar-refractivity contribution is 8.18. The summed E-state index contributed by atoms with van der Waals surface area (Å²) in [5.74, 6) is 0.226. The number of carbonyl (C=O) groups excluding carboxylic acids is 3. The van der Waals surface area contributed by atoms with Crippen LogP contribution >= 0.6 is 11.8 Å². The fraction of sp³-hybridized carbons (Fsp3) is 0.414. The number of benzene rings is 1. The Hall–Kier alpha value is -3.28. The van der Waals surface area contributed by atoms with Gasteiger partial charge in [-0.2, -0.15) is 0 Å². The third-order valence-electron chi connectivity index (χ3n) is 6.39.